The Morgan fingerprint density at radius 1 is 1.24 bits per heavy atom. The maximum Gasteiger partial charge on any atom is 0.331 e. The van der Waals surface area contributed by atoms with Crippen LogP contribution in [0.4, 0.5) is 5.69 Å². The van der Waals surface area contributed by atoms with E-state index in [9.17, 15) is 28.1 Å². The number of rotatable bonds is 3. The van der Waals surface area contributed by atoms with E-state index in [-0.39, 0.29) is 11.3 Å². The lowest BCUT2D eigenvalue weighted by atomic mass is 9.94. The molecule has 2 atom stereocenters. The van der Waals surface area contributed by atoms with Crippen LogP contribution in [-0.4, -0.2) is 51.9 Å². The minimum absolute atomic E-state index is 0.0259. The summed E-state index contributed by atoms with van der Waals surface area (Å²) in [6.07, 6.45) is 1.39. The fraction of sp³-hybridized carbons (Fsp3) is 0.474. The van der Waals surface area contributed by atoms with E-state index in [1.54, 1.807) is 20.8 Å². The Bertz CT molecular complexity index is 1030. The van der Waals surface area contributed by atoms with Crippen molar-refractivity contribution in [2.45, 2.75) is 56.4 Å². The average molecular weight is 422 g/mol. The molecule has 9 nitrogen and oxygen atoms in total. The summed E-state index contributed by atoms with van der Waals surface area (Å²) in [6, 6.07) is 4.14. The molecular weight excluding hydrogens is 400 g/mol. The molecule has 2 heterocycles. The Balaban J connectivity index is 1.99. The van der Waals surface area contributed by atoms with Gasteiger partial charge in [-0.1, -0.05) is 0 Å². The number of sulfone groups is 1. The normalized spacial score (nSPS) is 26.0. The van der Waals surface area contributed by atoms with Crippen LogP contribution in [0.15, 0.2) is 29.8 Å². The van der Waals surface area contributed by atoms with Gasteiger partial charge in [0.25, 0.3) is 11.6 Å². The van der Waals surface area contributed by atoms with Crippen LogP contribution in [-0.2, 0) is 24.2 Å². The molecule has 0 bridgehead atoms. The first-order valence-electron chi connectivity index (χ1n) is 8.93. The number of hydrogen-bond donors (Lipinski definition) is 0. The van der Waals surface area contributed by atoms with Crippen molar-refractivity contribution >= 4 is 33.5 Å². The Kier molecular flexibility index (Phi) is 4.61. The Hall–Kier alpha value is -2.75. The fourth-order valence-electron chi connectivity index (χ4n) is 3.55. The predicted octanol–water partition coefficient (Wildman–Crippen LogP) is 2.06. The molecule has 0 unspecified atom stereocenters. The van der Waals surface area contributed by atoms with Crippen LogP contribution in [0.1, 0.15) is 40.2 Å². The second-order valence-corrected chi connectivity index (χ2v) is 11.2. The van der Waals surface area contributed by atoms with E-state index in [0.29, 0.717) is 5.56 Å². The Labute approximate surface area is 168 Å². The van der Waals surface area contributed by atoms with Crippen molar-refractivity contribution in [2.24, 2.45) is 0 Å². The summed E-state index contributed by atoms with van der Waals surface area (Å²) in [5.41, 5.74) is -0.473. The molecular formula is C19H22N2O7S. The first-order valence-corrected chi connectivity index (χ1v) is 10.5. The molecule has 29 heavy (non-hydrogen) atoms. The summed E-state index contributed by atoms with van der Waals surface area (Å²) in [6.45, 7) is 7.81. The van der Waals surface area contributed by atoms with E-state index in [4.69, 9.17) is 4.74 Å². The number of ether oxygens (including phenoxy) is 1. The molecule has 3 rings (SSSR count). The molecule has 1 amide bonds. The third-order valence-corrected chi connectivity index (χ3v) is 7.78. The van der Waals surface area contributed by atoms with Crippen molar-refractivity contribution in [1.29, 1.82) is 0 Å². The minimum Gasteiger partial charge on any atom is -0.458 e. The molecule has 0 spiro atoms. The number of fused-ring (bicyclic) bond motifs is 1. The van der Waals surface area contributed by atoms with Gasteiger partial charge in [-0.2, -0.15) is 0 Å². The summed E-state index contributed by atoms with van der Waals surface area (Å²) in [4.78, 5) is 36.7. The highest BCUT2D eigenvalue weighted by molar-refractivity contribution is 7.94. The predicted molar refractivity (Wildman–Crippen MR) is 104 cm³/mol. The highest BCUT2D eigenvalue weighted by atomic mass is 32.2. The lowest BCUT2D eigenvalue weighted by Gasteiger charge is -2.39. The fourth-order valence-corrected chi connectivity index (χ4v) is 5.67. The van der Waals surface area contributed by atoms with Gasteiger partial charge in [0.15, 0.2) is 21.3 Å². The van der Waals surface area contributed by atoms with Gasteiger partial charge in [-0.3, -0.25) is 14.9 Å². The molecule has 2 saturated heterocycles. The first kappa shape index (κ1) is 21.0. The molecule has 2 aliphatic rings. The number of hydrogen-bond acceptors (Lipinski definition) is 7. The van der Waals surface area contributed by atoms with Gasteiger partial charge in [0.05, 0.1) is 10.5 Å². The van der Waals surface area contributed by atoms with Gasteiger partial charge in [0, 0.05) is 12.1 Å². The third kappa shape index (κ3) is 3.21. The highest BCUT2D eigenvalue weighted by Crippen LogP contribution is 2.49. The number of non-ortho nitro benzene ring substituents is 1. The average Bonchev–Trinajstić information content (AvgIpc) is 2.72. The number of nitro benzene ring substituents is 1. The van der Waals surface area contributed by atoms with Gasteiger partial charge in [-0.25, -0.2) is 13.2 Å². The number of esters is 1. The van der Waals surface area contributed by atoms with E-state index in [2.05, 4.69) is 0 Å². The number of β-lactam (4-membered cyclic amide) rings is 1. The van der Waals surface area contributed by atoms with Crippen LogP contribution in [0, 0.1) is 10.1 Å². The molecule has 2 fully saturated rings. The van der Waals surface area contributed by atoms with E-state index in [0.717, 1.165) is 4.90 Å². The summed E-state index contributed by atoms with van der Waals surface area (Å²) in [5, 5.41) is 9.51. The zero-order valence-corrected chi connectivity index (χ0v) is 17.5. The SMILES string of the molecule is CC(C)(C)OC(=O)[C@@H]1N2C(=O)/C(=C\c3ccc([N+](=O)[O-])cc3)[C@H]2S(=O)(=O)C1(C)C. The largest absolute Gasteiger partial charge is 0.458 e. The van der Waals surface area contributed by atoms with Crippen LogP contribution >= 0.6 is 0 Å². The van der Waals surface area contributed by atoms with Crippen LogP contribution in [0.5, 0.6) is 0 Å². The van der Waals surface area contributed by atoms with Crippen molar-refractivity contribution in [3.63, 3.8) is 0 Å². The number of nitro groups is 1. The summed E-state index contributed by atoms with van der Waals surface area (Å²) >= 11 is 0. The molecule has 1 aromatic rings. The molecule has 0 N–H and O–H groups in total. The number of amides is 1. The van der Waals surface area contributed by atoms with Crippen molar-refractivity contribution < 1.29 is 27.7 Å². The second kappa shape index (κ2) is 6.38. The molecule has 1 aromatic carbocycles. The van der Waals surface area contributed by atoms with E-state index in [1.165, 1.54) is 44.2 Å². The molecule has 10 heteroatoms. The van der Waals surface area contributed by atoms with Gasteiger partial charge in [-0.15, -0.1) is 0 Å². The zero-order valence-electron chi connectivity index (χ0n) is 16.7. The first-order chi connectivity index (χ1) is 13.2. The van der Waals surface area contributed by atoms with Crippen molar-refractivity contribution in [3.8, 4) is 0 Å². The topological polar surface area (TPSA) is 124 Å². The highest BCUT2D eigenvalue weighted by Gasteiger charge is 2.70. The summed E-state index contributed by atoms with van der Waals surface area (Å²) in [7, 11) is -3.91. The quantitative estimate of drug-likeness (QED) is 0.240. The van der Waals surface area contributed by atoms with Gasteiger partial charge < -0.3 is 9.64 Å². The monoisotopic (exact) mass is 422 g/mol. The number of carbonyl (C=O) groups excluding carboxylic acids is 2. The molecule has 0 saturated carbocycles. The van der Waals surface area contributed by atoms with Gasteiger partial charge in [0.2, 0.25) is 0 Å². The Morgan fingerprint density at radius 3 is 2.28 bits per heavy atom. The van der Waals surface area contributed by atoms with E-state index >= 15 is 0 Å². The lowest BCUT2D eigenvalue weighted by Crippen LogP contribution is -2.59. The van der Waals surface area contributed by atoms with Gasteiger partial charge >= 0.3 is 5.97 Å². The summed E-state index contributed by atoms with van der Waals surface area (Å²) < 4.78 is 30.1. The van der Waals surface area contributed by atoms with Crippen LogP contribution in [0.2, 0.25) is 0 Å². The Morgan fingerprint density at radius 2 is 1.79 bits per heavy atom. The summed E-state index contributed by atoms with van der Waals surface area (Å²) in [5.74, 6) is -1.34. The van der Waals surface area contributed by atoms with E-state index in [1.807, 2.05) is 0 Å². The van der Waals surface area contributed by atoms with Crippen LogP contribution in [0.3, 0.4) is 0 Å². The van der Waals surface area contributed by atoms with Gasteiger partial charge in [0.1, 0.15) is 10.3 Å². The number of nitrogens with zero attached hydrogens (tertiary/aromatic N) is 2. The number of benzene rings is 1. The maximum atomic E-state index is 13.1. The van der Waals surface area contributed by atoms with Crippen molar-refractivity contribution in [3.05, 3.63) is 45.5 Å². The minimum atomic E-state index is -3.91. The van der Waals surface area contributed by atoms with Crippen LogP contribution in [0.25, 0.3) is 6.08 Å². The van der Waals surface area contributed by atoms with Crippen molar-refractivity contribution in [2.75, 3.05) is 0 Å². The molecule has 0 aliphatic carbocycles. The maximum absolute atomic E-state index is 13.1. The molecule has 2 aliphatic heterocycles. The second-order valence-electron chi connectivity index (χ2n) is 8.60. The van der Waals surface area contributed by atoms with E-state index < -0.39 is 48.4 Å². The van der Waals surface area contributed by atoms with Crippen LogP contribution < -0.4 is 0 Å². The lowest BCUT2D eigenvalue weighted by molar-refractivity contribution is -0.384. The molecule has 0 aromatic heterocycles. The van der Waals surface area contributed by atoms with Crippen molar-refractivity contribution in [1.82, 2.24) is 4.90 Å². The third-order valence-electron chi connectivity index (χ3n) is 5.02. The zero-order chi connectivity index (χ0) is 21.9. The molecule has 0 radical (unpaired) electrons. The standard InChI is InChI=1S/C19H22N2O7S/c1-18(2,3)28-17(23)14-19(4,5)29(26,27)16-13(15(22)20(14)16)10-11-6-8-12(9-7-11)21(24)25/h6-10,14,16H,1-5H3/b13-10+/t14-,16+/m0/s1. The molecule has 156 valence electrons. The van der Waals surface area contributed by atoms with Gasteiger partial charge in [-0.05, 0) is 58.4 Å². The number of carbonyl (C=O) groups is 2. The smallest absolute Gasteiger partial charge is 0.331 e.